The number of nitrogens with one attached hydrogen (secondary N) is 2. The molecule has 5 atom stereocenters. The Kier molecular flexibility index (Phi) is 8.08. The van der Waals surface area contributed by atoms with Gasteiger partial charge in [-0.1, -0.05) is 42.5 Å². The maximum Gasteiger partial charge on any atom is 0.261 e. The van der Waals surface area contributed by atoms with Gasteiger partial charge in [-0.2, -0.15) is 0 Å². The average Bonchev–Trinajstić information content (AvgIpc) is 3.68. The van der Waals surface area contributed by atoms with E-state index in [4.69, 9.17) is 10.5 Å². The van der Waals surface area contributed by atoms with Gasteiger partial charge in [0, 0.05) is 52.4 Å². The van der Waals surface area contributed by atoms with E-state index in [1.54, 1.807) is 47.1 Å². The van der Waals surface area contributed by atoms with Crippen LogP contribution in [0.5, 0.6) is 0 Å². The van der Waals surface area contributed by atoms with Gasteiger partial charge < -0.3 is 31.0 Å². The van der Waals surface area contributed by atoms with Gasteiger partial charge in [-0.15, -0.1) is 5.10 Å². The summed E-state index contributed by atoms with van der Waals surface area (Å²) in [5.74, 6) is -1.23. The fraction of sp³-hybridized carbons (Fsp3) is 0.333. The molecule has 3 aromatic carbocycles. The number of anilines is 3. The minimum absolute atomic E-state index is 0.0994. The molecule has 2 aliphatic heterocycles. The van der Waals surface area contributed by atoms with Crippen molar-refractivity contribution in [1.29, 1.82) is 0 Å². The van der Waals surface area contributed by atoms with E-state index in [1.807, 2.05) is 56.5 Å². The van der Waals surface area contributed by atoms with E-state index in [0.29, 0.717) is 46.8 Å². The molecule has 1 fully saturated rings. The van der Waals surface area contributed by atoms with Crippen LogP contribution in [0.4, 0.5) is 17.1 Å². The van der Waals surface area contributed by atoms with Crippen molar-refractivity contribution < 1.29 is 24.2 Å². The van der Waals surface area contributed by atoms with Gasteiger partial charge in [0.25, 0.3) is 11.8 Å². The number of aliphatic hydroxyl groups is 1. The number of hydrogen-bond donors (Lipinski definition) is 5. The molecule has 1 unspecified atom stereocenters. The van der Waals surface area contributed by atoms with Crippen molar-refractivity contribution in [2.45, 2.75) is 56.1 Å². The second-order valence-corrected chi connectivity index (χ2v) is 16.5. The monoisotopic (exact) mass is 626 g/mol. The number of rotatable bonds is 9. The summed E-state index contributed by atoms with van der Waals surface area (Å²) < 4.78 is 8.48. The van der Waals surface area contributed by atoms with Crippen LogP contribution in [0.25, 0.3) is 0 Å². The Hall–Kier alpha value is -4.36. The van der Waals surface area contributed by atoms with Crippen LogP contribution in [0.1, 0.15) is 46.4 Å². The lowest BCUT2D eigenvalue weighted by Crippen LogP contribution is -2.43. The number of hydrogen-bond acceptors (Lipinski definition) is 8. The summed E-state index contributed by atoms with van der Waals surface area (Å²) in [6.07, 6.45) is 1.88. The van der Waals surface area contributed by atoms with Crippen LogP contribution in [0.3, 0.4) is 0 Å². The predicted molar refractivity (Wildman–Crippen MR) is 173 cm³/mol. The van der Waals surface area contributed by atoms with Crippen LogP contribution in [-0.4, -0.2) is 57.7 Å². The quantitative estimate of drug-likeness (QED) is 0.137. The molecule has 0 saturated carbocycles. The van der Waals surface area contributed by atoms with Gasteiger partial charge >= 0.3 is 0 Å². The lowest BCUT2D eigenvalue weighted by atomic mass is 9.82. The van der Waals surface area contributed by atoms with Crippen molar-refractivity contribution >= 4 is 37.2 Å². The molecule has 2 aliphatic rings. The second kappa shape index (κ2) is 11.9. The zero-order valence-corrected chi connectivity index (χ0v) is 26.5. The molecule has 0 bridgehead atoms. The molecule has 234 valence electrons. The van der Waals surface area contributed by atoms with E-state index in [-0.39, 0.29) is 35.8 Å². The number of nitrogens with zero attached hydrogens (tertiary/aromatic N) is 3. The van der Waals surface area contributed by atoms with E-state index in [0.717, 1.165) is 5.56 Å². The van der Waals surface area contributed by atoms with E-state index in [2.05, 4.69) is 20.9 Å². The highest BCUT2D eigenvalue weighted by molar-refractivity contribution is 6.71. The third-order valence-electron chi connectivity index (χ3n) is 9.11. The molecular weight excluding hydrogens is 588 g/mol. The van der Waals surface area contributed by atoms with Crippen LogP contribution in [0.15, 0.2) is 79.0 Å². The Morgan fingerprint density at radius 1 is 1.16 bits per heavy atom. The highest BCUT2D eigenvalue weighted by atomic mass is 28.4. The number of benzene rings is 3. The Morgan fingerprint density at radius 3 is 2.58 bits per heavy atom. The topological polar surface area (TPSA) is 165 Å². The normalized spacial score (nSPS) is 23.1. The summed E-state index contributed by atoms with van der Waals surface area (Å²) in [5, 5.41) is 24.6. The third kappa shape index (κ3) is 5.66. The Labute approximate surface area is 262 Å². The van der Waals surface area contributed by atoms with Gasteiger partial charge in [-0.25, -0.2) is 0 Å². The number of carbonyl (C=O) groups excluding carboxylic acids is 2. The van der Waals surface area contributed by atoms with Gasteiger partial charge in [0.2, 0.25) is 0 Å². The smallest absolute Gasteiger partial charge is 0.261 e. The van der Waals surface area contributed by atoms with Crippen LogP contribution < -0.4 is 16.4 Å². The first-order valence-corrected chi connectivity index (χ1v) is 18.1. The summed E-state index contributed by atoms with van der Waals surface area (Å²) in [7, 11) is -2.85. The zero-order chi connectivity index (χ0) is 31.9. The molecule has 0 aliphatic carbocycles. The van der Waals surface area contributed by atoms with Crippen LogP contribution in [0.2, 0.25) is 18.6 Å². The number of amides is 2. The first kappa shape index (κ1) is 30.7. The maximum atomic E-state index is 13.7. The van der Waals surface area contributed by atoms with Gasteiger partial charge in [0.1, 0.15) is 0 Å². The lowest BCUT2D eigenvalue weighted by Gasteiger charge is -2.32. The molecule has 1 spiro atoms. The van der Waals surface area contributed by atoms with E-state index < -0.39 is 20.0 Å². The molecular formula is C33H38N6O5Si. The highest BCUT2D eigenvalue weighted by Crippen LogP contribution is 2.58. The maximum absolute atomic E-state index is 13.7. The van der Waals surface area contributed by atoms with Crippen molar-refractivity contribution in [2.24, 2.45) is 5.92 Å². The van der Waals surface area contributed by atoms with Crippen LogP contribution in [0, 0.1) is 5.92 Å². The summed E-state index contributed by atoms with van der Waals surface area (Å²) in [4.78, 5) is 38.2. The minimum atomic E-state index is -2.85. The number of nitrogens with two attached hydrogens (primary N) is 1. The van der Waals surface area contributed by atoms with E-state index >= 15 is 0 Å². The Bertz CT molecular complexity index is 1710. The Balaban J connectivity index is 1.25. The largest absolute Gasteiger partial charge is 0.432 e. The number of nitrogen functional groups attached to an aromatic ring is 1. The fourth-order valence-corrected chi connectivity index (χ4v) is 9.58. The fourth-order valence-electron chi connectivity index (χ4n) is 6.98. The SMILES string of the molecule is C[C@@H]1[C@@H]([Si](C)(C)O)[C@H](CCn2cc(C(CO)c3ccccc3)nn2)O[C@@]12C(=O)Nc1ccc(NC(=O)c3ccc(N)cc3)cc12. The summed E-state index contributed by atoms with van der Waals surface area (Å²) in [6.45, 7) is 6.06. The molecule has 2 amide bonds. The Morgan fingerprint density at radius 2 is 1.89 bits per heavy atom. The van der Waals surface area contributed by atoms with Crippen molar-refractivity contribution in [1.82, 2.24) is 15.0 Å². The lowest BCUT2D eigenvalue weighted by molar-refractivity contribution is -0.143. The van der Waals surface area contributed by atoms with Crippen molar-refractivity contribution in [3.8, 4) is 0 Å². The summed E-state index contributed by atoms with van der Waals surface area (Å²) >= 11 is 0. The first-order chi connectivity index (χ1) is 21.5. The molecule has 6 N–H and O–H groups in total. The molecule has 1 saturated heterocycles. The van der Waals surface area contributed by atoms with Crippen LogP contribution in [-0.2, 0) is 21.7 Å². The van der Waals surface area contributed by atoms with E-state index in [1.165, 1.54) is 0 Å². The average molecular weight is 627 g/mol. The number of aliphatic hydroxyl groups excluding tert-OH is 1. The molecule has 45 heavy (non-hydrogen) atoms. The molecule has 4 aromatic rings. The van der Waals surface area contributed by atoms with Gasteiger partial charge in [0.15, 0.2) is 13.9 Å². The predicted octanol–water partition coefficient (Wildman–Crippen LogP) is 4.08. The summed E-state index contributed by atoms with van der Waals surface area (Å²) in [6, 6.07) is 21.6. The molecule has 6 rings (SSSR count). The molecule has 12 heteroatoms. The van der Waals surface area contributed by atoms with Gasteiger partial charge in [0.05, 0.1) is 24.3 Å². The van der Waals surface area contributed by atoms with Crippen molar-refractivity contribution in [3.63, 3.8) is 0 Å². The molecule has 1 aromatic heterocycles. The first-order valence-electron chi connectivity index (χ1n) is 15.1. The standard InChI is InChI=1S/C33H38N6O5Si/c1-20-30(45(2,3)43)29(15-16-39-18-28(37-38-39)25(19-40)21-7-5-4-6-8-21)44-33(20)26-17-24(13-14-27(26)36-32(33)42)35-31(41)22-9-11-23(34)12-10-22/h4-14,17-18,20,25,29-30,40,43H,15-16,19,34H2,1-3H3,(H,35,41)(H,36,42)/t20-,25?,29+,30-,33+/m1/s1. The number of fused-ring (bicyclic) bond motifs is 2. The summed E-state index contributed by atoms with van der Waals surface area (Å²) in [5.41, 5.74) is 8.57. The second-order valence-electron chi connectivity index (χ2n) is 12.5. The van der Waals surface area contributed by atoms with Gasteiger partial charge in [-0.05, 0) is 67.5 Å². The number of aromatic nitrogens is 3. The van der Waals surface area contributed by atoms with Crippen LogP contribution >= 0.6 is 0 Å². The van der Waals surface area contributed by atoms with Gasteiger partial charge in [-0.3, -0.25) is 14.3 Å². The van der Waals surface area contributed by atoms with Crippen molar-refractivity contribution in [3.05, 3.63) is 101 Å². The molecule has 0 radical (unpaired) electrons. The van der Waals surface area contributed by atoms with Crippen molar-refractivity contribution in [2.75, 3.05) is 23.0 Å². The molecule has 11 nitrogen and oxygen atoms in total. The third-order valence-corrected chi connectivity index (χ3v) is 11.6. The minimum Gasteiger partial charge on any atom is -0.432 e. The molecule has 3 heterocycles. The highest BCUT2D eigenvalue weighted by Gasteiger charge is 2.64. The number of ether oxygens (including phenoxy) is 1. The number of carbonyl (C=O) groups is 2. The number of aryl methyl sites for hydroxylation is 1. The van der Waals surface area contributed by atoms with E-state index in [9.17, 15) is 19.5 Å². The zero-order valence-electron chi connectivity index (χ0n) is 25.5.